The molecule has 3 rings (SSSR count). The summed E-state index contributed by atoms with van der Waals surface area (Å²) in [4.78, 5) is 29.3. The normalized spacial score (nSPS) is 14.1. The van der Waals surface area contributed by atoms with E-state index in [1.54, 1.807) is 23.9 Å². The van der Waals surface area contributed by atoms with E-state index in [0.29, 0.717) is 22.1 Å². The van der Waals surface area contributed by atoms with Gasteiger partial charge in [0.1, 0.15) is 12.2 Å². The van der Waals surface area contributed by atoms with Crippen LogP contribution in [0.4, 0.5) is 5.69 Å². The average Bonchev–Trinajstić information content (AvgIpc) is 2.88. The molecular weight excluding hydrogens is 268 g/mol. The Morgan fingerprint density at radius 2 is 2.11 bits per heavy atom. The number of aryl methyl sites for hydroxylation is 1. The fourth-order valence-electron chi connectivity index (χ4n) is 2.03. The van der Waals surface area contributed by atoms with Crippen LogP contribution in [0.5, 0.6) is 0 Å². The van der Waals surface area contributed by atoms with Crippen molar-refractivity contribution in [1.29, 1.82) is 0 Å². The number of halogens is 1. The molecule has 2 heterocycles. The summed E-state index contributed by atoms with van der Waals surface area (Å²) in [6.07, 6.45) is 1.40. The Labute approximate surface area is 113 Å². The first-order valence-corrected chi connectivity index (χ1v) is 5.94. The van der Waals surface area contributed by atoms with E-state index in [4.69, 9.17) is 11.6 Å². The number of rotatable bonds is 2. The van der Waals surface area contributed by atoms with Crippen molar-refractivity contribution in [2.45, 2.75) is 6.54 Å². The molecule has 1 aromatic heterocycles. The van der Waals surface area contributed by atoms with E-state index in [1.807, 2.05) is 0 Å². The Morgan fingerprint density at radius 1 is 1.32 bits per heavy atom. The quantitative estimate of drug-likeness (QED) is 0.773. The summed E-state index contributed by atoms with van der Waals surface area (Å²) in [6.45, 7) is 0.204. The van der Waals surface area contributed by atoms with Crippen molar-refractivity contribution in [3.63, 3.8) is 0 Å². The summed E-state index contributed by atoms with van der Waals surface area (Å²) < 4.78 is 1.56. The van der Waals surface area contributed by atoms with Crippen molar-refractivity contribution >= 4 is 29.0 Å². The Balaban J connectivity index is 2.02. The number of carbonyl (C=O) groups is 2. The second-order valence-electron chi connectivity index (χ2n) is 4.18. The summed E-state index contributed by atoms with van der Waals surface area (Å²) >= 11 is 5.84. The van der Waals surface area contributed by atoms with Crippen molar-refractivity contribution in [3.8, 4) is 0 Å². The molecule has 0 unspecified atom stereocenters. The van der Waals surface area contributed by atoms with E-state index in [-0.39, 0.29) is 6.54 Å². The van der Waals surface area contributed by atoms with Gasteiger partial charge in [-0.05, 0) is 18.2 Å². The molecule has 0 saturated carbocycles. The van der Waals surface area contributed by atoms with Crippen LogP contribution >= 0.6 is 11.6 Å². The van der Waals surface area contributed by atoms with Crippen LogP contribution in [0.1, 0.15) is 16.2 Å². The van der Waals surface area contributed by atoms with Crippen molar-refractivity contribution in [2.24, 2.45) is 7.05 Å². The number of fused-ring (bicyclic) bond motifs is 1. The predicted molar refractivity (Wildman–Crippen MR) is 68.0 cm³/mol. The van der Waals surface area contributed by atoms with Crippen LogP contribution in [-0.2, 0) is 18.4 Å². The van der Waals surface area contributed by atoms with Gasteiger partial charge in [0, 0.05) is 12.1 Å². The van der Waals surface area contributed by atoms with Gasteiger partial charge in [0.25, 0.3) is 11.7 Å². The average molecular weight is 277 g/mol. The van der Waals surface area contributed by atoms with E-state index >= 15 is 0 Å². The van der Waals surface area contributed by atoms with Crippen LogP contribution < -0.4 is 4.90 Å². The van der Waals surface area contributed by atoms with Gasteiger partial charge in [0.2, 0.25) is 0 Å². The summed E-state index contributed by atoms with van der Waals surface area (Å²) in [5.74, 6) is -0.510. The first-order chi connectivity index (χ1) is 9.08. The molecule has 1 aliphatic rings. The van der Waals surface area contributed by atoms with Gasteiger partial charge >= 0.3 is 0 Å². The van der Waals surface area contributed by atoms with Gasteiger partial charge < -0.3 is 0 Å². The minimum Gasteiger partial charge on any atom is -0.297 e. The highest BCUT2D eigenvalue weighted by molar-refractivity contribution is 6.52. The molecule has 0 N–H and O–H groups in total. The number of benzene rings is 1. The Kier molecular flexibility index (Phi) is 2.60. The van der Waals surface area contributed by atoms with Gasteiger partial charge in [0.05, 0.1) is 17.8 Å². The third-order valence-electron chi connectivity index (χ3n) is 3.04. The largest absolute Gasteiger partial charge is 0.299 e. The van der Waals surface area contributed by atoms with E-state index < -0.39 is 11.7 Å². The number of hydrogen-bond acceptors (Lipinski definition) is 4. The molecule has 7 heteroatoms. The monoisotopic (exact) mass is 276 g/mol. The summed E-state index contributed by atoms with van der Waals surface area (Å²) in [7, 11) is 1.73. The molecule has 0 aliphatic carbocycles. The zero-order valence-corrected chi connectivity index (χ0v) is 10.8. The molecule has 0 radical (unpaired) electrons. The maximum Gasteiger partial charge on any atom is 0.299 e. The third kappa shape index (κ3) is 1.80. The van der Waals surface area contributed by atoms with Gasteiger partial charge in [-0.3, -0.25) is 19.2 Å². The van der Waals surface area contributed by atoms with Crippen LogP contribution in [0, 0.1) is 0 Å². The first kappa shape index (κ1) is 11.9. The number of aromatic nitrogens is 3. The molecule has 6 nitrogen and oxygen atoms in total. The number of Topliss-reactive ketones (excluding diaryl/α,β-unsaturated/α-hetero) is 1. The Morgan fingerprint density at radius 3 is 2.79 bits per heavy atom. The zero-order valence-electron chi connectivity index (χ0n) is 10.00. The second-order valence-corrected chi connectivity index (χ2v) is 4.62. The highest BCUT2D eigenvalue weighted by atomic mass is 35.5. The van der Waals surface area contributed by atoms with Crippen LogP contribution in [-0.4, -0.2) is 26.5 Å². The van der Waals surface area contributed by atoms with Crippen molar-refractivity contribution in [2.75, 3.05) is 4.90 Å². The molecule has 1 aromatic carbocycles. The highest BCUT2D eigenvalue weighted by Crippen LogP contribution is 2.31. The van der Waals surface area contributed by atoms with Crippen LogP contribution in [0.25, 0.3) is 0 Å². The molecule has 0 spiro atoms. The molecule has 19 heavy (non-hydrogen) atoms. The van der Waals surface area contributed by atoms with Gasteiger partial charge in [0.15, 0.2) is 0 Å². The standard InChI is InChI=1S/C12H9ClN4O2/c1-16-10(14-6-15-16)5-17-9-3-2-7(13)4-8(9)11(18)12(17)19/h2-4,6H,5H2,1H3. The number of nitrogens with zero attached hydrogens (tertiary/aromatic N) is 4. The van der Waals surface area contributed by atoms with E-state index in [1.165, 1.54) is 17.3 Å². The lowest BCUT2D eigenvalue weighted by Crippen LogP contribution is -2.30. The minimum absolute atomic E-state index is 0.204. The van der Waals surface area contributed by atoms with Gasteiger partial charge in [-0.15, -0.1) is 0 Å². The van der Waals surface area contributed by atoms with E-state index in [9.17, 15) is 9.59 Å². The fraction of sp³-hybridized carbons (Fsp3) is 0.167. The molecule has 1 aliphatic heterocycles. The summed E-state index contributed by atoms with van der Waals surface area (Å²) in [6, 6.07) is 4.82. The minimum atomic E-state index is -0.569. The third-order valence-corrected chi connectivity index (χ3v) is 3.27. The molecule has 96 valence electrons. The van der Waals surface area contributed by atoms with Crippen LogP contribution in [0.2, 0.25) is 5.02 Å². The lowest BCUT2D eigenvalue weighted by molar-refractivity contribution is -0.114. The lowest BCUT2D eigenvalue weighted by atomic mass is 10.1. The molecule has 2 aromatic rings. The summed E-state index contributed by atoms with van der Waals surface area (Å²) in [5, 5.41) is 4.37. The van der Waals surface area contributed by atoms with E-state index in [2.05, 4.69) is 10.1 Å². The number of hydrogen-bond donors (Lipinski definition) is 0. The topological polar surface area (TPSA) is 68.1 Å². The van der Waals surface area contributed by atoms with Gasteiger partial charge in [-0.2, -0.15) is 5.10 Å². The van der Waals surface area contributed by atoms with Gasteiger partial charge in [-0.1, -0.05) is 11.6 Å². The summed E-state index contributed by atoms with van der Waals surface area (Å²) in [5.41, 5.74) is 0.891. The molecule has 0 fully saturated rings. The van der Waals surface area contributed by atoms with E-state index in [0.717, 1.165) is 0 Å². The van der Waals surface area contributed by atoms with Gasteiger partial charge in [-0.25, -0.2) is 4.98 Å². The second kappa shape index (κ2) is 4.17. The molecular formula is C12H9ClN4O2. The number of amides is 1. The van der Waals surface area contributed by atoms with Crippen LogP contribution in [0.3, 0.4) is 0 Å². The molecule has 1 amide bonds. The first-order valence-electron chi connectivity index (χ1n) is 5.56. The number of anilines is 1. The van der Waals surface area contributed by atoms with Crippen molar-refractivity contribution < 1.29 is 9.59 Å². The maximum absolute atomic E-state index is 12.0. The lowest BCUT2D eigenvalue weighted by Gasteiger charge is -2.15. The van der Waals surface area contributed by atoms with Crippen molar-refractivity contribution in [3.05, 3.63) is 40.9 Å². The molecule has 0 bridgehead atoms. The van der Waals surface area contributed by atoms with Crippen molar-refractivity contribution in [1.82, 2.24) is 14.8 Å². The van der Waals surface area contributed by atoms with Crippen LogP contribution in [0.15, 0.2) is 24.5 Å². The molecule has 0 atom stereocenters. The fourth-order valence-corrected chi connectivity index (χ4v) is 2.21. The SMILES string of the molecule is Cn1ncnc1CN1C(=O)C(=O)c2cc(Cl)ccc21. The Hall–Kier alpha value is -2.21. The number of ketones is 1. The zero-order chi connectivity index (χ0) is 13.6. The highest BCUT2D eigenvalue weighted by Gasteiger charge is 2.36. The Bertz CT molecular complexity index is 695. The molecule has 0 saturated heterocycles. The number of carbonyl (C=O) groups excluding carboxylic acids is 2. The smallest absolute Gasteiger partial charge is 0.297 e. The maximum atomic E-state index is 12.0. The predicted octanol–water partition coefficient (Wildman–Crippen LogP) is 1.20.